The van der Waals surface area contributed by atoms with Gasteiger partial charge in [-0.15, -0.1) is 5.10 Å². The molecular weight excluding hydrogens is 546 g/mol. The first kappa shape index (κ1) is 26.8. The monoisotopic (exact) mass is 577 g/mol. The lowest BCUT2D eigenvalue weighted by Crippen LogP contribution is -2.44. The van der Waals surface area contributed by atoms with Gasteiger partial charge >= 0.3 is 6.03 Å². The quantitative estimate of drug-likeness (QED) is 0.189. The van der Waals surface area contributed by atoms with Gasteiger partial charge in [0.2, 0.25) is 0 Å². The molecule has 4 aromatic heterocycles. The number of rotatable bonds is 9. The average molecular weight is 578 g/mol. The summed E-state index contributed by atoms with van der Waals surface area (Å²) >= 11 is 5.97. The average Bonchev–Trinajstić information content (AvgIpc) is 3.50. The van der Waals surface area contributed by atoms with Crippen molar-refractivity contribution in [1.29, 1.82) is 0 Å². The predicted octanol–water partition coefficient (Wildman–Crippen LogP) is 3.56. The lowest BCUT2D eigenvalue weighted by molar-refractivity contribution is 0.102. The highest BCUT2D eigenvalue weighted by Crippen LogP contribution is 2.30. The Hall–Kier alpha value is -4.39. The molecule has 0 unspecified atom stereocenters. The van der Waals surface area contributed by atoms with Crippen molar-refractivity contribution in [2.75, 3.05) is 16.0 Å². The van der Waals surface area contributed by atoms with Gasteiger partial charge in [0.15, 0.2) is 11.3 Å². The van der Waals surface area contributed by atoms with Crippen LogP contribution in [0.2, 0.25) is 5.15 Å². The second-order valence-electron chi connectivity index (χ2n) is 10.5. The Balaban J connectivity index is 1.10. The van der Waals surface area contributed by atoms with Crippen molar-refractivity contribution in [2.24, 2.45) is 7.05 Å². The summed E-state index contributed by atoms with van der Waals surface area (Å²) < 4.78 is 3.45. The number of carbonyl (C=O) groups excluding carboxylic acids is 2. The Kier molecular flexibility index (Phi) is 7.59. The number of anilines is 3. The van der Waals surface area contributed by atoms with Crippen LogP contribution in [0.5, 0.6) is 0 Å². The standard InChI is InChI=1S/C27H32ClN11O2/c1-38-11-10-30-24(38)15-32-27(41)36-18-6-4-17(5-7-18)34-23-13-20(33-16-2-3-16)25-31-14-21(39(25)37-23)26(40)35-19-8-9-29-22(28)12-19/h8-14,16-18,33H,2-7,15H2,1H3,(H,34,37)(H,29,35,40)(H2,32,36,41). The molecule has 4 heterocycles. The second-order valence-corrected chi connectivity index (χ2v) is 10.9. The number of pyridine rings is 1. The highest BCUT2D eigenvalue weighted by atomic mass is 35.5. The Morgan fingerprint density at radius 3 is 2.46 bits per heavy atom. The maximum Gasteiger partial charge on any atom is 0.315 e. The van der Waals surface area contributed by atoms with Crippen LogP contribution in [0.4, 0.5) is 22.0 Å². The maximum atomic E-state index is 13.1. The Morgan fingerprint density at radius 1 is 0.976 bits per heavy atom. The van der Waals surface area contributed by atoms with E-state index in [1.54, 1.807) is 22.8 Å². The molecule has 4 aromatic rings. The van der Waals surface area contributed by atoms with Gasteiger partial charge in [0.05, 0.1) is 18.4 Å². The number of urea groups is 1. The summed E-state index contributed by atoms with van der Waals surface area (Å²) in [6, 6.07) is 5.70. The van der Waals surface area contributed by atoms with E-state index in [9.17, 15) is 9.59 Å². The largest absolute Gasteiger partial charge is 0.379 e. The van der Waals surface area contributed by atoms with E-state index in [0.29, 0.717) is 35.4 Å². The Labute approximate surface area is 241 Å². The molecule has 0 saturated heterocycles. The van der Waals surface area contributed by atoms with Crippen LogP contribution < -0.4 is 26.6 Å². The minimum atomic E-state index is -0.352. The van der Waals surface area contributed by atoms with Crippen LogP contribution in [0.25, 0.3) is 5.65 Å². The number of nitrogens with one attached hydrogen (secondary N) is 5. The molecule has 13 nitrogen and oxygen atoms in total. The number of carbonyl (C=O) groups is 2. The van der Waals surface area contributed by atoms with E-state index in [0.717, 1.165) is 50.0 Å². The number of amides is 3. The number of fused-ring (bicyclic) bond motifs is 1. The van der Waals surface area contributed by atoms with Gasteiger partial charge in [0, 0.05) is 55.5 Å². The van der Waals surface area contributed by atoms with Crippen molar-refractivity contribution in [3.05, 3.63) is 59.7 Å². The fourth-order valence-corrected chi connectivity index (χ4v) is 5.15. The number of hydrogen-bond donors (Lipinski definition) is 5. The van der Waals surface area contributed by atoms with Crippen LogP contribution >= 0.6 is 11.6 Å². The van der Waals surface area contributed by atoms with Crippen molar-refractivity contribution in [2.45, 2.75) is 63.2 Å². The molecule has 2 aliphatic carbocycles. The van der Waals surface area contributed by atoms with E-state index in [-0.39, 0.29) is 29.2 Å². The summed E-state index contributed by atoms with van der Waals surface area (Å²) in [6.07, 6.45) is 12.2. The van der Waals surface area contributed by atoms with Crippen LogP contribution in [0.15, 0.2) is 43.0 Å². The van der Waals surface area contributed by atoms with Crippen LogP contribution in [-0.2, 0) is 13.6 Å². The zero-order chi connectivity index (χ0) is 28.3. The Bertz CT molecular complexity index is 1560. The summed E-state index contributed by atoms with van der Waals surface area (Å²) in [7, 11) is 1.90. The summed E-state index contributed by atoms with van der Waals surface area (Å²) in [4.78, 5) is 38.2. The van der Waals surface area contributed by atoms with Crippen LogP contribution in [0, 0.1) is 0 Å². The summed E-state index contributed by atoms with van der Waals surface area (Å²) in [5.41, 5.74) is 2.26. The van der Waals surface area contributed by atoms with Gasteiger partial charge in [0.1, 0.15) is 16.8 Å². The van der Waals surface area contributed by atoms with Crippen LogP contribution in [0.3, 0.4) is 0 Å². The number of halogens is 1. The highest BCUT2D eigenvalue weighted by molar-refractivity contribution is 6.29. The van der Waals surface area contributed by atoms with Gasteiger partial charge in [-0.05, 0) is 50.7 Å². The molecule has 214 valence electrons. The third-order valence-electron chi connectivity index (χ3n) is 7.36. The second kappa shape index (κ2) is 11.6. The molecule has 14 heteroatoms. The minimum Gasteiger partial charge on any atom is -0.379 e. The maximum absolute atomic E-state index is 13.1. The number of nitrogens with zero attached hydrogens (tertiary/aromatic N) is 6. The third-order valence-corrected chi connectivity index (χ3v) is 7.57. The molecule has 3 amide bonds. The molecule has 0 bridgehead atoms. The number of aromatic nitrogens is 6. The fraction of sp³-hybridized carbons (Fsp3) is 0.407. The van der Waals surface area contributed by atoms with Crippen molar-refractivity contribution in [3.63, 3.8) is 0 Å². The predicted molar refractivity (Wildman–Crippen MR) is 155 cm³/mol. The molecular formula is C27H32ClN11O2. The van der Waals surface area contributed by atoms with E-state index in [1.165, 1.54) is 12.4 Å². The van der Waals surface area contributed by atoms with Crippen molar-refractivity contribution >= 4 is 46.4 Å². The van der Waals surface area contributed by atoms with Crippen LogP contribution in [0.1, 0.15) is 54.8 Å². The molecule has 41 heavy (non-hydrogen) atoms. The van der Waals surface area contributed by atoms with Gasteiger partial charge in [0.25, 0.3) is 5.91 Å². The molecule has 2 fully saturated rings. The van der Waals surface area contributed by atoms with E-state index in [4.69, 9.17) is 16.7 Å². The van der Waals surface area contributed by atoms with Crippen molar-refractivity contribution < 1.29 is 9.59 Å². The molecule has 0 atom stereocenters. The van der Waals surface area contributed by atoms with Crippen molar-refractivity contribution in [1.82, 2.24) is 39.8 Å². The number of imidazole rings is 2. The molecule has 0 radical (unpaired) electrons. The molecule has 5 N–H and O–H groups in total. The Morgan fingerprint density at radius 2 is 1.73 bits per heavy atom. The first-order chi connectivity index (χ1) is 19.9. The summed E-state index contributed by atoms with van der Waals surface area (Å²) in [6.45, 7) is 0.377. The third kappa shape index (κ3) is 6.51. The fourth-order valence-electron chi connectivity index (χ4n) is 4.98. The molecule has 0 spiro atoms. The van der Waals surface area contributed by atoms with Gasteiger partial charge in [-0.25, -0.2) is 24.3 Å². The molecule has 2 saturated carbocycles. The molecule has 0 aliphatic heterocycles. The molecule has 2 aliphatic rings. The smallest absolute Gasteiger partial charge is 0.315 e. The summed E-state index contributed by atoms with van der Waals surface area (Å²) in [5.74, 6) is 1.10. The van der Waals surface area contributed by atoms with Gasteiger partial charge in [-0.2, -0.15) is 0 Å². The molecule has 0 aromatic carbocycles. The summed E-state index contributed by atoms with van der Waals surface area (Å²) in [5, 5.41) is 20.9. The number of aryl methyl sites for hydroxylation is 1. The number of hydrogen-bond acceptors (Lipinski definition) is 8. The lowest BCUT2D eigenvalue weighted by Gasteiger charge is -2.30. The molecule has 6 rings (SSSR count). The van der Waals surface area contributed by atoms with E-state index < -0.39 is 0 Å². The van der Waals surface area contributed by atoms with Crippen molar-refractivity contribution in [3.8, 4) is 0 Å². The topological polar surface area (TPSA) is 155 Å². The van der Waals surface area contributed by atoms with E-state index in [1.807, 2.05) is 23.9 Å². The van der Waals surface area contributed by atoms with Gasteiger partial charge < -0.3 is 31.2 Å². The normalized spacial score (nSPS) is 18.6. The highest BCUT2D eigenvalue weighted by Gasteiger charge is 2.26. The zero-order valence-electron chi connectivity index (χ0n) is 22.6. The zero-order valence-corrected chi connectivity index (χ0v) is 23.4. The van der Waals surface area contributed by atoms with Crippen LogP contribution in [-0.4, -0.2) is 59.2 Å². The van der Waals surface area contributed by atoms with E-state index in [2.05, 4.69) is 41.5 Å². The van der Waals surface area contributed by atoms with Gasteiger partial charge in [-0.1, -0.05) is 11.6 Å². The first-order valence-electron chi connectivity index (χ1n) is 13.8. The van der Waals surface area contributed by atoms with Gasteiger partial charge in [-0.3, -0.25) is 4.79 Å². The first-order valence-corrected chi connectivity index (χ1v) is 14.1. The van der Waals surface area contributed by atoms with E-state index >= 15 is 0 Å². The lowest BCUT2D eigenvalue weighted by atomic mass is 9.91. The minimum absolute atomic E-state index is 0.0996. The SMILES string of the molecule is Cn1ccnc1CNC(=O)NC1CCC(Nc2cc(NC3CC3)c3ncc(C(=O)Nc4ccnc(Cl)c4)n3n2)CC1.